The molecule has 2 aromatic rings. The number of rotatable bonds is 3. The summed E-state index contributed by atoms with van der Waals surface area (Å²) in [7, 11) is 0. The maximum absolute atomic E-state index is 13.2. The molecule has 0 nitrogen and oxygen atoms in total. The average Bonchev–Trinajstić information content (AvgIpc) is 2.33. The Morgan fingerprint density at radius 2 is 1.82 bits per heavy atom. The lowest BCUT2D eigenvalue weighted by Gasteiger charge is -2.13. The van der Waals surface area contributed by atoms with Gasteiger partial charge in [0.1, 0.15) is 5.82 Å². The molecule has 2 rings (SSSR count). The number of hydrogen-bond donors (Lipinski definition) is 0. The quantitative estimate of drug-likeness (QED) is 0.712. The molecule has 2 heteroatoms. The maximum Gasteiger partial charge on any atom is 0.123 e. The van der Waals surface area contributed by atoms with Crippen LogP contribution >= 0.6 is 15.9 Å². The summed E-state index contributed by atoms with van der Waals surface area (Å²) in [6, 6.07) is 15.1. The van der Waals surface area contributed by atoms with Gasteiger partial charge in [-0.05, 0) is 42.2 Å². The van der Waals surface area contributed by atoms with Gasteiger partial charge in [-0.2, -0.15) is 0 Å². The second-order valence-corrected chi connectivity index (χ2v) is 5.26. The summed E-state index contributed by atoms with van der Waals surface area (Å²) in [5, 5.41) is 0. The predicted octanol–water partition coefficient (Wildman–Crippen LogP) is 4.81. The van der Waals surface area contributed by atoms with Crippen molar-refractivity contribution < 1.29 is 4.39 Å². The minimum Gasteiger partial charge on any atom is -0.207 e. The molecule has 0 aromatic heterocycles. The lowest BCUT2D eigenvalue weighted by molar-refractivity contribution is 0.624. The van der Waals surface area contributed by atoms with Crippen LogP contribution in [0.4, 0.5) is 4.39 Å². The van der Waals surface area contributed by atoms with Crippen molar-refractivity contribution in [1.29, 1.82) is 0 Å². The zero-order valence-electron chi connectivity index (χ0n) is 9.66. The van der Waals surface area contributed by atoms with Crippen molar-refractivity contribution in [3.05, 3.63) is 71.0 Å². The summed E-state index contributed by atoms with van der Waals surface area (Å²) in [4.78, 5) is 0.153. The number of benzene rings is 2. The molecular weight excluding hydrogens is 279 g/mol. The van der Waals surface area contributed by atoms with Crippen LogP contribution in [0.1, 0.15) is 21.5 Å². The Hall–Kier alpha value is -1.15. The normalized spacial score (nSPS) is 12.4. The van der Waals surface area contributed by atoms with Crippen molar-refractivity contribution in [2.75, 3.05) is 0 Å². The molecule has 1 unspecified atom stereocenters. The van der Waals surface area contributed by atoms with Gasteiger partial charge in [0, 0.05) is 4.83 Å². The summed E-state index contributed by atoms with van der Waals surface area (Å²) >= 11 is 3.64. The topological polar surface area (TPSA) is 0 Å². The van der Waals surface area contributed by atoms with E-state index in [1.54, 1.807) is 6.07 Å². The van der Waals surface area contributed by atoms with Crippen molar-refractivity contribution in [1.82, 2.24) is 0 Å². The third-order valence-electron chi connectivity index (χ3n) is 2.84. The van der Waals surface area contributed by atoms with Gasteiger partial charge in [-0.25, -0.2) is 4.39 Å². The molecule has 0 fully saturated rings. The fourth-order valence-electron chi connectivity index (χ4n) is 1.88. The molecular formula is C15H14BrF. The molecule has 0 N–H and O–H groups in total. The van der Waals surface area contributed by atoms with Crippen LogP contribution in [0.2, 0.25) is 0 Å². The third-order valence-corrected chi connectivity index (χ3v) is 3.65. The first-order chi connectivity index (χ1) is 8.16. The maximum atomic E-state index is 13.2. The minimum absolute atomic E-state index is 0.153. The Labute approximate surface area is 110 Å². The first-order valence-corrected chi connectivity index (χ1v) is 6.52. The van der Waals surface area contributed by atoms with E-state index in [4.69, 9.17) is 0 Å². The van der Waals surface area contributed by atoms with Gasteiger partial charge in [-0.15, -0.1) is 0 Å². The number of alkyl halides is 1. The summed E-state index contributed by atoms with van der Waals surface area (Å²) < 4.78 is 13.2. The van der Waals surface area contributed by atoms with Gasteiger partial charge in [0.15, 0.2) is 0 Å². The van der Waals surface area contributed by atoms with Gasteiger partial charge in [0.25, 0.3) is 0 Å². The lowest BCUT2D eigenvalue weighted by Crippen LogP contribution is -1.98. The second-order valence-electron chi connectivity index (χ2n) is 4.16. The fourth-order valence-corrected chi connectivity index (χ4v) is 2.75. The number of aryl methyl sites for hydroxylation is 1. The van der Waals surface area contributed by atoms with Crippen LogP contribution in [-0.4, -0.2) is 0 Å². The third kappa shape index (κ3) is 3.16. The molecule has 0 saturated heterocycles. The monoisotopic (exact) mass is 292 g/mol. The van der Waals surface area contributed by atoms with Crippen molar-refractivity contribution in [2.24, 2.45) is 0 Å². The Bertz CT molecular complexity index is 494. The highest BCUT2D eigenvalue weighted by molar-refractivity contribution is 9.09. The smallest absolute Gasteiger partial charge is 0.123 e. The van der Waals surface area contributed by atoms with E-state index in [9.17, 15) is 4.39 Å². The van der Waals surface area contributed by atoms with Gasteiger partial charge >= 0.3 is 0 Å². The fraction of sp³-hybridized carbons (Fsp3) is 0.200. The average molecular weight is 293 g/mol. The van der Waals surface area contributed by atoms with Crippen LogP contribution in [0.3, 0.4) is 0 Å². The van der Waals surface area contributed by atoms with Crippen LogP contribution in [0.5, 0.6) is 0 Å². The first-order valence-electron chi connectivity index (χ1n) is 5.61. The zero-order chi connectivity index (χ0) is 12.3. The second kappa shape index (κ2) is 5.46. The summed E-state index contributed by atoms with van der Waals surface area (Å²) in [6.07, 6.45) is 0.866. The van der Waals surface area contributed by atoms with E-state index in [1.807, 2.05) is 31.2 Å². The molecule has 88 valence electrons. The lowest BCUT2D eigenvalue weighted by atomic mass is 10.0. The highest BCUT2D eigenvalue weighted by atomic mass is 79.9. The largest absolute Gasteiger partial charge is 0.207 e. The van der Waals surface area contributed by atoms with Gasteiger partial charge in [-0.1, -0.05) is 52.3 Å². The Balaban J connectivity index is 2.20. The van der Waals surface area contributed by atoms with E-state index in [1.165, 1.54) is 11.6 Å². The molecule has 1 atom stereocenters. The molecule has 0 spiro atoms. The molecule has 0 aliphatic carbocycles. The molecule has 0 radical (unpaired) electrons. The highest BCUT2D eigenvalue weighted by Gasteiger charge is 2.11. The van der Waals surface area contributed by atoms with Crippen LogP contribution in [0.15, 0.2) is 48.5 Å². The van der Waals surface area contributed by atoms with Crippen LogP contribution in [0.25, 0.3) is 0 Å². The van der Waals surface area contributed by atoms with Crippen LogP contribution in [-0.2, 0) is 6.42 Å². The Kier molecular flexibility index (Phi) is 3.95. The molecule has 0 heterocycles. The van der Waals surface area contributed by atoms with Gasteiger partial charge in [-0.3, -0.25) is 0 Å². The highest BCUT2D eigenvalue weighted by Crippen LogP contribution is 2.29. The van der Waals surface area contributed by atoms with E-state index in [2.05, 4.69) is 28.1 Å². The summed E-state index contributed by atoms with van der Waals surface area (Å²) in [5.41, 5.74) is 3.39. The Morgan fingerprint density at radius 1 is 1.12 bits per heavy atom. The zero-order valence-corrected chi connectivity index (χ0v) is 11.2. The predicted molar refractivity (Wildman–Crippen MR) is 73.0 cm³/mol. The van der Waals surface area contributed by atoms with Gasteiger partial charge in [0.2, 0.25) is 0 Å². The minimum atomic E-state index is -0.178. The molecule has 0 bridgehead atoms. The molecule has 17 heavy (non-hydrogen) atoms. The van der Waals surface area contributed by atoms with Crippen LogP contribution in [0, 0.1) is 12.7 Å². The first kappa shape index (κ1) is 12.3. The molecule has 0 amide bonds. The van der Waals surface area contributed by atoms with E-state index >= 15 is 0 Å². The van der Waals surface area contributed by atoms with Gasteiger partial charge < -0.3 is 0 Å². The van der Waals surface area contributed by atoms with E-state index in [-0.39, 0.29) is 10.6 Å². The molecule has 2 aromatic carbocycles. The summed E-state index contributed by atoms with van der Waals surface area (Å²) in [5.74, 6) is -0.178. The molecule has 0 aliphatic heterocycles. The van der Waals surface area contributed by atoms with Crippen molar-refractivity contribution in [3.8, 4) is 0 Å². The van der Waals surface area contributed by atoms with Crippen molar-refractivity contribution in [2.45, 2.75) is 18.2 Å². The Morgan fingerprint density at radius 3 is 2.53 bits per heavy atom. The van der Waals surface area contributed by atoms with Crippen molar-refractivity contribution >= 4 is 15.9 Å². The van der Waals surface area contributed by atoms with E-state index < -0.39 is 0 Å². The van der Waals surface area contributed by atoms with Gasteiger partial charge in [0.05, 0.1) is 0 Å². The number of hydrogen-bond acceptors (Lipinski definition) is 0. The van der Waals surface area contributed by atoms with E-state index in [0.29, 0.717) is 0 Å². The SMILES string of the molecule is Cc1ccc(F)cc1C(Br)Cc1ccccc1. The summed E-state index contributed by atoms with van der Waals surface area (Å²) in [6.45, 7) is 2.01. The standard InChI is InChI=1S/C15H14BrF/c1-11-7-8-13(17)10-14(11)15(16)9-12-5-3-2-4-6-12/h2-8,10,15H,9H2,1H3. The molecule has 0 aliphatic rings. The molecule has 0 saturated carbocycles. The number of halogens is 2. The van der Waals surface area contributed by atoms with E-state index in [0.717, 1.165) is 17.5 Å². The van der Waals surface area contributed by atoms with Crippen molar-refractivity contribution in [3.63, 3.8) is 0 Å². The van der Waals surface area contributed by atoms with Crippen LogP contribution < -0.4 is 0 Å².